The second kappa shape index (κ2) is 7.11. The van der Waals surface area contributed by atoms with E-state index in [9.17, 15) is 4.79 Å². The zero-order valence-electron chi connectivity index (χ0n) is 15.8. The highest BCUT2D eigenvalue weighted by molar-refractivity contribution is 7.18. The predicted molar refractivity (Wildman–Crippen MR) is 114 cm³/mol. The minimum absolute atomic E-state index is 0.0628. The lowest BCUT2D eigenvalue weighted by molar-refractivity contribution is 0.153. The number of aromatic amines is 1. The smallest absolute Gasteiger partial charge is 0.258 e. The Balaban J connectivity index is 1.42. The van der Waals surface area contributed by atoms with E-state index < -0.39 is 0 Å². The van der Waals surface area contributed by atoms with Gasteiger partial charge in [-0.15, -0.1) is 11.3 Å². The van der Waals surface area contributed by atoms with E-state index in [1.54, 1.807) is 11.3 Å². The van der Waals surface area contributed by atoms with Gasteiger partial charge in [-0.2, -0.15) is 0 Å². The van der Waals surface area contributed by atoms with Crippen molar-refractivity contribution in [1.82, 2.24) is 19.9 Å². The van der Waals surface area contributed by atoms with Gasteiger partial charge in [0.2, 0.25) is 0 Å². The minimum atomic E-state index is -0.0628. The topological polar surface area (TPSA) is 61.9 Å². The summed E-state index contributed by atoms with van der Waals surface area (Å²) in [6.07, 6.45) is 2.29. The van der Waals surface area contributed by atoms with Crippen molar-refractivity contribution in [3.8, 4) is 0 Å². The van der Waals surface area contributed by atoms with Crippen molar-refractivity contribution >= 4 is 32.5 Å². The number of piperidine rings is 1. The molecule has 0 spiro atoms. The number of thiazole rings is 1. The van der Waals surface area contributed by atoms with Crippen LogP contribution in [0.1, 0.15) is 42.6 Å². The summed E-state index contributed by atoms with van der Waals surface area (Å²) in [7, 11) is 0. The quantitative estimate of drug-likeness (QED) is 0.560. The third-order valence-corrected chi connectivity index (χ3v) is 6.89. The Bertz CT molecular complexity index is 1160. The monoisotopic (exact) mass is 390 g/mol. The highest BCUT2D eigenvalue weighted by atomic mass is 32.1. The molecular formula is C22H22N4OS. The van der Waals surface area contributed by atoms with Crippen molar-refractivity contribution < 1.29 is 0 Å². The zero-order chi connectivity index (χ0) is 19.1. The molecule has 1 saturated heterocycles. The summed E-state index contributed by atoms with van der Waals surface area (Å²) in [5.74, 6) is 1.18. The molecule has 0 saturated carbocycles. The SMILES string of the molecule is CC(c1nc2ccccc2c(=O)[nH]1)N1CCCC(c2nc3ccccc3s2)C1. The summed E-state index contributed by atoms with van der Waals surface area (Å²) in [6.45, 7) is 4.09. The largest absolute Gasteiger partial charge is 0.309 e. The lowest BCUT2D eigenvalue weighted by Crippen LogP contribution is -2.37. The Labute approximate surface area is 167 Å². The molecule has 2 unspecified atom stereocenters. The molecule has 4 aromatic rings. The molecular weight excluding hydrogens is 368 g/mol. The Morgan fingerprint density at radius 3 is 2.75 bits per heavy atom. The molecule has 1 fully saturated rings. The molecule has 6 heteroatoms. The molecule has 5 rings (SSSR count). The summed E-state index contributed by atoms with van der Waals surface area (Å²) in [5.41, 5.74) is 1.79. The Hall–Kier alpha value is -2.57. The molecule has 0 radical (unpaired) electrons. The maximum absolute atomic E-state index is 12.4. The number of hydrogen-bond donors (Lipinski definition) is 1. The molecule has 2 aromatic carbocycles. The number of fused-ring (bicyclic) bond motifs is 2. The van der Waals surface area contributed by atoms with Crippen molar-refractivity contribution in [2.45, 2.75) is 31.7 Å². The molecule has 28 heavy (non-hydrogen) atoms. The average molecular weight is 391 g/mol. The van der Waals surface area contributed by atoms with Crippen LogP contribution in [0, 0.1) is 0 Å². The Morgan fingerprint density at radius 2 is 1.89 bits per heavy atom. The van der Waals surface area contributed by atoms with Crippen LogP contribution in [0.5, 0.6) is 0 Å². The van der Waals surface area contributed by atoms with E-state index in [1.165, 1.54) is 9.71 Å². The normalized spacial score (nSPS) is 19.2. The molecule has 1 aliphatic heterocycles. The second-order valence-electron chi connectivity index (χ2n) is 7.50. The van der Waals surface area contributed by atoms with Crippen LogP contribution in [0.2, 0.25) is 0 Å². The van der Waals surface area contributed by atoms with Crippen LogP contribution in [0.15, 0.2) is 53.3 Å². The van der Waals surface area contributed by atoms with Gasteiger partial charge < -0.3 is 4.98 Å². The first-order valence-corrected chi connectivity index (χ1v) is 10.6. The van der Waals surface area contributed by atoms with E-state index in [-0.39, 0.29) is 11.6 Å². The highest BCUT2D eigenvalue weighted by Crippen LogP contribution is 2.35. The summed E-state index contributed by atoms with van der Waals surface area (Å²) >= 11 is 1.81. The lowest BCUT2D eigenvalue weighted by atomic mass is 9.97. The third-order valence-electron chi connectivity index (χ3n) is 5.69. The summed E-state index contributed by atoms with van der Waals surface area (Å²) in [5, 5.41) is 1.86. The number of likely N-dealkylation sites (tertiary alicyclic amines) is 1. The third kappa shape index (κ3) is 3.12. The van der Waals surface area contributed by atoms with E-state index in [4.69, 9.17) is 9.97 Å². The van der Waals surface area contributed by atoms with Gasteiger partial charge >= 0.3 is 0 Å². The summed E-state index contributed by atoms with van der Waals surface area (Å²) < 4.78 is 1.25. The van der Waals surface area contributed by atoms with E-state index in [0.717, 1.165) is 42.8 Å². The average Bonchev–Trinajstić information content (AvgIpc) is 3.18. The first-order chi connectivity index (χ1) is 13.7. The lowest BCUT2D eigenvalue weighted by Gasteiger charge is -2.35. The van der Waals surface area contributed by atoms with Crippen LogP contribution in [0.3, 0.4) is 0 Å². The van der Waals surface area contributed by atoms with Crippen LogP contribution < -0.4 is 5.56 Å². The first-order valence-electron chi connectivity index (χ1n) is 9.77. The van der Waals surface area contributed by atoms with Crippen LogP contribution in [0.25, 0.3) is 21.1 Å². The molecule has 2 aromatic heterocycles. The van der Waals surface area contributed by atoms with Gasteiger partial charge in [-0.1, -0.05) is 24.3 Å². The Morgan fingerprint density at radius 1 is 1.11 bits per heavy atom. The van der Waals surface area contributed by atoms with E-state index >= 15 is 0 Å². The van der Waals surface area contributed by atoms with E-state index in [1.807, 2.05) is 30.3 Å². The van der Waals surface area contributed by atoms with Gasteiger partial charge in [-0.05, 0) is 50.6 Å². The highest BCUT2D eigenvalue weighted by Gasteiger charge is 2.28. The van der Waals surface area contributed by atoms with Crippen molar-refractivity contribution in [1.29, 1.82) is 0 Å². The fourth-order valence-corrected chi connectivity index (χ4v) is 5.19. The van der Waals surface area contributed by atoms with Gasteiger partial charge in [0.05, 0.1) is 32.2 Å². The van der Waals surface area contributed by atoms with Crippen LogP contribution in [-0.4, -0.2) is 32.9 Å². The molecule has 142 valence electrons. The number of hydrogen-bond acceptors (Lipinski definition) is 5. The van der Waals surface area contributed by atoms with Gasteiger partial charge in [0.15, 0.2) is 0 Å². The fourth-order valence-electron chi connectivity index (χ4n) is 4.10. The van der Waals surface area contributed by atoms with Crippen molar-refractivity contribution in [2.75, 3.05) is 13.1 Å². The van der Waals surface area contributed by atoms with E-state index in [2.05, 4.69) is 35.0 Å². The van der Waals surface area contributed by atoms with Crippen LogP contribution in [0.4, 0.5) is 0 Å². The molecule has 0 amide bonds. The molecule has 0 aliphatic carbocycles. The van der Waals surface area contributed by atoms with Gasteiger partial charge in [0, 0.05) is 12.5 Å². The number of benzene rings is 2. The predicted octanol–water partition coefficient (Wildman–Crippen LogP) is 4.47. The van der Waals surface area contributed by atoms with Gasteiger partial charge in [-0.3, -0.25) is 9.69 Å². The zero-order valence-corrected chi connectivity index (χ0v) is 16.6. The number of aromatic nitrogens is 3. The summed E-state index contributed by atoms with van der Waals surface area (Å²) in [6, 6.07) is 15.9. The maximum Gasteiger partial charge on any atom is 0.258 e. The number of rotatable bonds is 3. The van der Waals surface area contributed by atoms with Crippen molar-refractivity contribution in [3.63, 3.8) is 0 Å². The Kier molecular flexibility index (Phi) is 4.45. The van der Waals surface area contributed by atoms with Crippen molar-refractivity contribution in [3.05, 3.63) is 69.7 Å². The second-order valence-corrected chi connectivity index (χ2v) is 8.56. The standard InChI is InChI=1S/C22H22N4OS/c1-14(20-23-17-9-3-2-8-16(17)21(27)25-20)26-12-6-7-15(13-26)22-24-18-10-4-5-11-19(18)28-22/h2-5,8-11,14-15H,6-7,12-13H2,1H3,(H,23,25,27). The van der Waals surface area contributed by atoms with Gasteiger partial charge in [0.1, 0.15) is 5.82 Å². The molecule has 2 atom stereocenters. The molecule has 1 N–H and O–H groups in total. The van der Waals surface area contributed by atoms with Gasteiger partial charge in [0.25, 0.3) is 5.56 Å². The van der Waals surface area contributed by atoms with Gasteiger partial charge in [-0.25, -0.2) is 9.97 Å². The first kappa shape index (κ1) is 17.5. The molecule has 5 nitrogen and oxygen atoms in total. The summed E-state index contributed by atoms with van der Waals surface area (Å²) in [4.78, 5) is 27.5. The molecule has 0 bridgehead atoms. The number of para-hydroxylation sites is 2. The molecule has 1 aliphatic rings. The maximum atomic E-state index is 12.4. The van der Waals surface area contributed by atoms with Crippen LogP contribution >= 0.6 is 11.3 Å². The van der Waals surface area contributed by atoms with Crippen LogP contribution in [-0.2, 0) is 0 Å². The molecule has 3 heterocycles. The van der Waals surface area contributed by atoms with Crippen molar-refractivity contribution in [2.24, 2.45) is 0 Å². The minimum Gasteiger partial charge on any atom is -0.309 e. The number of H-pyrrole nitrogens is 1. The number of nitrogens with zero attached hydrogens (tertiary/aromatic N) is 3. The number of nitrogens with one attached hydrogen (secondary N) is 1. The van der Waals surface area contributed by atoms with E-state index in [0.29, 0.717) is 11.3 Å². The fraction of sp³-hybridized carbons (Fsp3) is 0.318.